The Morgan fingerprint density at radius 2 is 1.94 bits per heavy atom. The first-order valence-electron chi connectivity index (χ1n) is 7.15. The summed E-state index contributed by atoms with van der Waals surface area (Å²) in [6.45, 7) is 5.43. The van der Waals surface area contributed by atoms with Gasteiger partial charge < -0.3 is 10.1 Å². The van der Waals surface area contributed by atoms with Crippen molar-refractivity contribution in [2.75, 3.05) is 13.7 Å². The van der Waals surface area contributed by atoms with E-state index < -0.39 is 0 Å². The van der Waals surface area contributed by atoms with Crippen LogP contribution in [-0.2, 0) is 4.74 Å². The molecule has 0 amide bonds. The predicted octanol–water partition coefficient (Wildman–Crippen LogP) is 3.64. The molecular formula is C16H25NO. The van der Waals surface area contributed by atoms with E-state index >= 15 is 0 Å². The van der Waals surface area contributed by atoms with Crippen LogP contribution in [0.3, 0.4) is 0 Å². The van der Waals surface area contributed by atoms with Gasteiger partial charge in [0.25, 0.3) is 0 Å². The monoisotopic (exact) mass is 247 g/mol. The van der Waals surface area contributed by atoms with Gasteiger partial charge >= 0.3 is 0 Å². The van der Waals surface area contributed by atoms with Crippen molar-refractivity contribution in [3.8, 4) is 0 Å². The van der Waals surface area contributed by atoms with Crippen LogP contribution < -0.4 is 5.32 Å². The first-order chi connectivity index (χ1) is 8.76. The van der Waals surface area contributed by atoms with Gasteiger partial charge in [0.05, 0.1) is 12.1 Å². The zero-order valence-electron chi connectivity index (χ0n) is 11.8. The lowest BCUT2D eigenvalue weighted by molar-refractivity contribution is 0.0807. The Labute approximate surface area is 111 Å². The minimum absolute atomic E-state index is 0.332. The molecule has 1 aliphatic rings. The van der Waals surface area contributed by atoms with Gasteiger partial charge in [0.1, 0.15) is 0 Å². The maximum Gasteiger partial charge on any atom is 0.0770 e. The first kappa shape index (κ1) is 13.6. The molecule has 2 heteroatoms. The third-order valence-electron chi connectivity index (χ3n) is 4.12. The Morgan fingerprint density at radius 3 is 2.44 bits per heavy atom. The molecule has 2 nitrogen and oxygen atoms in total. The second-order valence-corrected chi connectivity index (χ2v) is 5.29. The van der Waals surface area contributed by atoms with Crippen molar-refractivity contribution < 1.29 is 4.74 Å². The minimum Gasteiger partial charge on any atom is -0.376 e. The van der Waals surface area contributed by atoms with Gasteiger partial charge in [0, 0.05) is 6.61 Å². The quantitative estimate of drug-likeness (QED) is 0.857. The SMILES string of the molecule is CCC(C)c1ccc(C(NC)C2CCCO2)cc1. The molecule has 100 valence electrons. The number of hydrogen-bond acceptors (Lipinski definition) is 2. The summed E-state index contributed by atoms with van der Waals surface area (Å²) in [5.74, 6) is 0.648. The van der Waals surface area contributed by atoms with Gasteiger partial charge in [-0.25, -0.2) is 0 Å². The maximum atomic E-state index is 5.80. The lowest BCUT2D eigenvalue weighted by Gasteiger charge is -2.23. The Balaban J connectivity index is 2.11. The van der Waals surface area contributed by atoms with Crippen molar-refractivity contribution in [3.63, 3.8) is 0 Å². The van der Waals surface area contributed by atoms with Crippen LogP contribution >= 0.6 is 0 Å². The molecule has 1 saturated heterocycles. The number of ether oxygens (including phenoxy) is 1. The molecule has 0 aromatic heterocycles. The van der Waals surface area contributed by atoms with Crippen molar-refractivity contribution in [3.05, 3.63) is 35.4 Å². The number of benzene rings is 1. The van der Waals surface area contributed by atoms with Crippen molar-refractivity contribution in [2.24, 2.45) is 0 Å². The molecule has 2 rings (SSSR count). The van der Waals surface area contributed by atoms with Crippen molar-refractivity contribution >= 4 is 0 Å². The zero-order chi connectivity index (χ0) is 13.0. The van der Waals surface area contributed by atoms with Crippen LogP contribution in [0.5, 0.6) is 0 Å². The van der Waals surface area contributed by atoms with Gasteiger partial charge in [0.15, 0.2) is 0 Å². The van der Waals surface area contributed by atoms with Crippen LogP contribution in [0.1, 0.15) is 56.2 Å². The highest BCUT2D eigenvalue weighted by atomic mass is 16.5. The second kappa shape index (κ2) is 6.35. The fraction of sp³-hybridized carbons (Fsp3) is 0.625. The molecule has 1 aromatic rings. The number of nitrogens with one attached hydrogen (secondary N) is 1. The molecule has 1 fully saturated rings. The second-order valence-electron chi connectivity index (χ2n) is 5.29. The van der Waals surface area contributed by atoms with Crippen LogP contribution in [0.4, 0.5) is 0 Å². The van der Waals surface area contributed by atoms with Gasteiger partial charge in [-0.05, 0) is 43.4 Å². The summed E-state index contributed by atoms with van der Waals surface area (Å²) in [7, 11) is 2.02. The fourth-order valence-corrected chi connectivity index (χ4v) is 2.70. The van der Waals surface area contributed by atoms with E-state index in [1.54, 1.807) is 0 Å². The van der Waals surface area contributed by atoms with Crippen molar-refractivity contribution in [1.29, 1.82) is 0 Å². The first-order valence-corrected chi connectivity index (χ1v) is 7.15. The summed E-state index contributed by atoms with van der Waals surface area (Å²) in [5.41, 5.74) is 2.78. The Hall–Kier alpha value is -0.860. The van der Waals surface area contributed by atoms with E-state index in [1.165, 1.54) is 30.4 Å². The van der Waals surface area contributed by atoms with Gasteiger partial charge in [-0.15, -0.1) is 0 Å². The third kappa shape index (κ3) is 2.93. The molecule has 1 heterocycles. The predicted molar refractivity (Wildman–Crippen MR) is 75.9 cm³/mol. The summed E-state index contributed by atoms with van der Waals surface area (Å²) in [6.07, 6.45) is 3.89. The van der Waals surface area contributed by atoms with Gasteiger partial charge in [-0.3, -0.25) is 0 Å². The molecule has 0 spiro atoms. The Kier molecular flexibility index (Phi) is 4.79. The van der Waals surface area contributed by atoms with Crippen LogP contribution in [0.25, 0.3) is 0 Å². The Bertz CT molecular complexity index is 354. The summed E-state index contributed by atoms with van der Waals surface area (Å²) in [4.78, 5) is 0. The summed E-state index contributed by atoms with van der Waals surface area (Å²) >= 11 is 0. The normalized spacial score (nSPS) is 22.9. The Morgan fingerprint density at radius 1 is 1.28 bits per heavy atom. The van der Waals surface area contributed by atoms with Crippen molar-refractivity contribution in [2.45, 2.75) is 51.2 Å². The lowest BCUT2D eigenvalue weighted by atomic mass is 9.94. The van der Waals surface area contributed by atoms with Gasteiger partial charge in [-0.2, -0.15) is 0 Å². The van der Waals surface area contributed by atoms with Crippen LogP contribution in [-0.4, -0.2) is 19.8 Å². The largest absolute Gasteiger partial charge is 0.376 e. The molecule has 3 atom stereocenters. The topological polar surface area (TPSA) is 21.3 Å². The maximum absolute atomic E-state index is 5.80. The minimum atomic E-state index is 0.332. The van der Waals surface area contributed by atoms with E-state index in [0.717, 1.165) is 6.61 Å². The van der Waals surface area contributed by atoms with Crippen LogP contribution in [0.15, 0.2) is 24.3 Å². The lowest BCUT2D eigenvalue weighted by Crippen LogP contribution is -2.28. The summed E-state index contributed by atoms with van der Waals surface area (Å²) < 4.78 is 5.80. The molecule has 0 radical (unpaired) electrons. The fourth-order valence-electron chi connectivity index (χ4n) is 2.70. The van der Waals surface area contributed by atoms with Gasteiger partial charge in [-0.1, -0.05) is 38.1 Å². The van der Waals surface area contributed by atoms with E-state index in [2.05, 4.69) is 43.4 Å². The molecule has 1 N–H and O–H groups in total. The molecule has 18 heavy (non-hydrogen) atoms. The smallest absolute Gasteiger partial charge is 0.0770 e. The highest BCUT2D eigenvalue weighted by Crippen LogP contribution is 2.28. The van der Waals surface area contributed by atoms with Crippen LogP contribution in [0.2, 0.25) is 0 Å². The van der Waals surface area contributed by atoms with E-state index in [-0.39, 0.29) is 0 Å². The highest BCUT2D eigenvalue weighted by Gasteiger charge is 2.25. The van der Waals surface area contributed by atoms with Gasteiger partial charge in [0.2, 0.25) is 0 Å². The van der Waals surface area contributed by atoms with E-state index in [9.17, 15) is 0 Å². The number of hydrogen-bond donors (Lipinski definition) is 1. The molecule has 0 aliphatic carbocycles. The van der Waals surface area contributed by atoms with E-state index in [0.29, 0.717) is 18.1 Å². The summed E-state index contributed by atoms with van der Waals surface area (Å²) in [5, 5.41) is 3.40. The van der Waals surface area contributed by atoms with E-state index in [1.807, 2.05) is 7.05 Å². The van der Waals surface area contributed by atoms with Crippen LogP contribution in [0, 0.1) is 0 Å². The molecule has 1 aromatic carbocycles. The third-order valence-corrected chi connectivity index (χ3v) is 4.12. The zero-order valence-corrected chi connectivity index (χ0v) is 11.8. The molecule has 1 aliphatic heterocycles. The number of likely N-dealkylation sites (N-methyl/N-ethyl adjacent to an activating group) is 1. The highest BCUT2D eigenvalue weighted by molar-refractivity contribution is 5.28. The average Bonchev–Trinajstić information content (AvgIpc) is 2.93. The number of rotatable bonds is 5. The average molecular weight is 247 g/mol. The van der Waals surface area contributed by atoms with E-state index in [4.69, 9.17) is 4.74 Å². The molecular weight excluding hydrogens is 222 g/mol. The van der Waals surface area contributed by atoms with Crippen molar-refractivity contribution in [1.82, 2.24) is 5.32 Å². The molecule has 3 unspecified atom stereocenters. The summed E-state index contributed by atoms with van der Waals surface area (Å²) in [6, 6.07) is 9.37. The molecule has 0 saturated carbocycles. The standard InChI is InChI=1S/C16H25NO/c1-4-12(2)13-7-9-14(10-8-13)16(17-3)15-6-5-11-18-15/h7-10,12,15-17H,4-6,11H2,1-3H3. The molecule has 0 bridgehead atoms.